The quantitative estimate of drug-likeness (QED) is 0.406. The zero-order valence-corrected chi connectivity index (χ0v) is 24.7. The van der Waals surface area contributed by atoms with Crippen molar-refractivity contribution in [3.8, 4) is 0 Å². The SMILES string of the molecule is C=C1/C(=C/C=C2/CCC[C@]3(C)[C@@H]([C@H](C)C[C@H]4C[C@@](C)(O)C(=O)N4CCc4ccccc4)CC[C@@H]23)C[C@@H](O)C[C@@H]1O. The summed E-state index contributed by atoms with van der Waals surface area (Å²) in [5.41, 5.74) is 3.39. The van der Waals surface area contributed by atoms with E-state index < -0.39 is 17.8 Å². The Morgan fingerprint density at radius 1 is 1.15 bits per heavy atom. The summed E-state index contributed by atoms with van der Waals surface area (Å²) in [6, 6.07) is 10.4. The molecule has 1 aromatic carbocycles. The summed E-state index contributed by atoms with van der Waals surface area (Å²) < 4.78 is 0. The van der Waals surface area contributed by atoms with Crippen molar-refractivity contribution >= 4 is 5.91 Å². The van der Waals surface area contributed by atoms with E-state index >= 15 is 0 Å². The summed E-state index contributed by atoms with van der Waals surface area (Å²) in [4.78, 5) is 15.2. The first-order valence-corrected chi connectivity index (χ1v) is 15.5. The zero-order valence-electron chi connectivity index (χ0n) is 24.7. The van der Waals surface area contributed by atoms with Gasteiger partial charge in [0, 0.05) is 25.4 Å². The van der Waals surface area contributed by atoms with Crippen molar-refractivity contribution in [3.63, 3.8) is 0 Å². The number of aliphatic hydroxyl groups is 3. The molecule has 1 amide bonds. The molecule has 1 heterocycles. The lowest BCUT2D eigenvalue weighted by molar-refractivity contribution is -0.142. The highest BCUT2D eigenvalue weighted by Crippen LogP contribution is 2.60. The van der Waals surface area contributed by atoms with Crippen molar-refractivity contribution in [2.45, 2.75) is 109 Å². The predicted molar refractivity (Wildman–Crippen MR) is 159 cm³/mol. The van der Waals surface area contributed by atoms with Crippen molar-refractivity contribution < 1.29 is 20.1 Å². The molecule has 8 atom stereocenters. The van der Waals surface area contributed by atoms with Gasteiger partial charge in [0.05, 0.1) is 12.2 Å². The Bertz CT molecular complexity index is 1150. The molecule has 0 bridgehead atoms. The van der Waals surface area contributed by atoms with E-state index in [-0.39, 0.29) is 17.4 Å². The molecule has 0 radical (unpaired) electrons. The molecule has 1 aliphatic heterocycles. The van der Waals surface area contributed by atoms with Gasteiger partial charge in [-0.3, -0.25) is 4.79 Å². The number of carbonyl (C=O) groups is 1. The normalized spacial score (nSPS) is 39.2. The Hall–Kier alpha value is -2.21. The molecule has 4 aliphatic rings. The molecule has 3 saturated carbocycles. The number of hydrogen-bond acceptors (Lipinski definition) is 4. The Morgan fingerprint density at radius 3 is 2.65 bits per heavy atom. The van der Waals surface area contributed by atoms with E-state index in [0.29, 0.717) is 43.6 Å². The molecule has 5 rings (SSSR count). The number of rotatable bonds is 7. The monoisotopic (exact) mass is 547 g/mol. The highest BCUT2D eigenvalue weighted by molar-refractivity contribution is 5.87. The molecule has 218 valence electrons. The number of carbonyl (C=O) groups excluding carboxylic acids is 1. The van der Waals surface area contributed by atoms with Gasteiger partial charge in [-0.15, -0.1) is 0 Å². The van der Waals surface area contributed by atoms with Gasteiger partial charge in [0.25, 0.3) is 5.91 Å². The van der Waals surface area contributed by atoms with Crippen LogP contribution in [0.2, 0.25) is 0 Å². The highest BCUT2D eigenvalue weighted by atomic mass is 16.3. The van der Waals surface area contributed by atoms with Crippen LogP contribution in [0.3, 0.4) is 0 Å². The predicted octanol–water partition coefficient (Wildman–Crippen LogP) is 5.75. The number of allylic oxidation sites excluding steroid dienone is 3. The van der Waals surface area contributed by atoms with Crippen molar-refractivity contribution in [3.05, 3.63) is 71.3 Å². The largest absolute Gasteiger partial charge is 0.393 e. The second kappa shape index (κ2) is 11.6. The summed E-state index contributed by atoms with van der Waals surface area (Å²) in [7, 11) is 0. The van der Waals surface area contributed by atoms with E-state index in [1.807, 2.05) is 23.1 Å². The average Bonchev–Trinajstić information content (AvgIpc) is 3.37. The third kappa shape index (κ3) is 5.75. The van der Waals surface area contributed by atoms with Crippen LogP contribution in [0.25, 0.3) is 0 Å². The first-order valence-electron chi connectivity index (χ1n) is 15.5. The second-order valence-electron chi connectivity index (χ2n) is 13.7. The van der Waals surface area contributed by atoms with Crippen LogP contribution in [0.1, 0.15) is 84.1 Å². The number of fused-ring (bicyclic) bond motifs is 1. The van der Waals surface area contributed by atoms with E-state index in [4.69, 9.17) is 0 Å². The van der Waals surface area contributed by atoms with Gasteiger partial charge in [-0.1, -0.05) is 68.5 Å². The number of nitrogens with zero attached hydrogens (tertiary/aromatic N) is 1. The van der Waals surface area contributed by atoms with Crippen LogP contribution in [0.15, 0.2) is 65.8 Å². The fraction of sp³-hybridized carbons (Fsp3) is 0.629. The third-order valence-corrected chi connectivity index (χ3v) is 10.9. The van der Waals surface area contributed by atoms with E-state index in [1.54, 1.807) is 6.92 Å². The molecule has 1 saturated heterocycles. The Kier molecular flexibility index (Phi) is 8.48. The number of benzene rings is 1. The minimum absolute atomic E-state index is 0.0716. The molecule has 3 aliphatic carbocycles. The molecule has 5 nitrogen and oxygen atoms in total. The molecular weight excluding hydrogens is 498 g/mol. The smallest absolute Gasteiger partial charge is 0.254 e. The number of hydrogen-bond donors (Lipinski definition) is 3. The van der Waals surface area contributed by atoms with Crippen LogP contribution in [0, 0.1) is 23.2 Å². The third-order valence-electron chi connectivity index (χ3n) is 10.9. The van der Waals surface area contributed by atoms with E-state index in [2.05, 4.69) is 44.7 Å². The Labute approximate surface area is 240 Å². The van der Waals surface area contributed by atoms with Gasteiger partial charge in [0.15, 0.2) is 0 Å². The lowest BCUT2D eigenvalue weighted by atomic mass is 9.60. The van der Waals surface area contributed by atoms with Gasteiger partial charge < -0.3 is 20.2 Å². The molecule has 5 heteroatoms. The van der Waals surface area contributed by atoms with Gasteiger partial charge in [-0.05, 0) is 98.2 Å². The van der Waals surface area contributed by atoms with Crippen LogP contribution in [0.4, 0.5) is 0 Å². The summed E-state index contributed by atoms with van der Waals surface area (Å²) in [5, 5.41) is 31.4. The van der Waals surface area contributed by atoms with Crippen molar-refractivity contribution in [1.82, 2.24) is 4.90 Å². The Morgan fingerprint density at radius 2 is 1.90 bits per heavy atom. The van der Waals surface area contributed by atoms with Crippen LogP contribution >= 0.6 is 0 Å². The zero-order chi connectivity index (χ0) is 28.7. The maximum Gasteiger partial charge on any atom is 0.254 e. The van der Waals surface area contributed by atoms with E-state index in [1.165, 1.54) is 36.8 Å². The molecule has 4 fully saturated rings. The van der Waals surface area contributed by atoms with Crippen molar-refractivity contribution in [1.29, 1.82) is 0 Å². The van der Waals surface area contributed by atoms with E-state index in [0.717, 1.165) is 30.4 Å². The summed E-state index contributed by atoms with van der Waals surface area (Å²) in [5.74, 6) is 1.46. The minimum atomic E-state index is -1.28. The van der Waals surface area contributed by atoms with Gasteiger partial charge >= 0.3 is 0 Å². The standard InChI is InChI=1S/C35H49NO4/c1-23(19-28-22-35(4,40)33(39)36(28)18-16-25-9-6-5-7-10-25)30-14-15-31-26(11-8-17-34(30,31)3)12-13-27-20-29(37)21-32(38)24(27)2/h5-7,9-10,12-13,23,28-32,37-38,40H,2,8,11,14-22H2,1,3-4H3/b26-12-,27-13+/t23-,28+,29-,30-,31+,32+,34-,35-/m1/s1. The fourth-order valence-corrected chi connectivity index (χ4v) is 8.79. The van der Waals surface area contributed by atoms with Gasteiger partial charge in [0.2, 0.25) is 0 Å². The van der Waals surface area contributed by atoms with E-state index in [9.17, 15) is 20.1 Å². The van der Waals surface area contributed by atoms with Crippen molar-refractivity contribution in [2.75, 3.05) is 6.54 Å². The summed E-state index contributed by atoms with van der Waals surface area (Å²) in [6.07, 6.45) is 12.3. The molecule has 0 spiro atoms. The first-order chi connectivity index (χ1) is 19.0. The van der Waals surface area contributed by atoms with Gasteiger partial charge in [0.1, 0.15) is 5.60 Å². The number of likely N-dealkylation sites (tertiary alicyclic amines) is 1. The maximum atomic E-state index is 13.2. The Balaban J connectivity index is 1.28. The minimum Gasteiger partial charge on any atom is -0.393 e. The van der Waals surface area contributed by atoms with Crippen molar-refractivity contribution in [2.24, 2.45) is 23.2 Å². The summed E-state index contributed by atoms with van der Waals surface area (Å²) >= 11 is 0. The molecule has 0 unspecified atom stereocenters. The molecule has 3 N–H and O–H groups in total. The number of amides is 1. The summed E-state index contributed by atoms with van der Waals surface area (Å²) in [6.45, 7) is 11.3. The molecule has 1 aromatic rings. The lowest BCUT2D eigenvalue weighted by Gasteiger charge is -2.45. The fourth-order valence-electron chi connectivity index (χ4n) is 8.79. The maximum absolute atomic E-state index is 13.2. The van der Waals surface area contributed by atoms with Gasteiger partial charge in [-0.25, -0.2) is 0 Å². The van der Waals surface area contributed by atoms with Crippen LogP contribution in [-0.4, -0.2) is 56.5 Å². The molecule has 0 aromatic heterocycles. The van der Waals surface area contributed by atoms with Crippen LogP contribution in [0.5, 0.6) is 0 Å². The average molecular weight is 548 g/mol. The lowest BCUT2D eigenvalue weighted by Crippen LogP contribution is -2.41. The first kappa shape index (κ1) is 29.3. The molecular formula is C35H49NO4. The topological polar surface area (TPSA) is 81.0 Å². The number of aliphatic hydroxyl groups excluding tert-OH is 2. The molecule has 40 heavy (non-hydrogen) atoms. The second-order valence-corrected chi connectivity index (χ2v) is 13.7. The highest BCUT2D eigenvalue weighted by Gasteiger charge is 2.53. The van der Waals surface area contributed by atoms with Crippen LogP contribution < -0.4 is 0 Å². The van der Waals surface area contributed by atoms with Crippen LogP contribution in [-0.2, 0) is 11.2 Å². The van der Waals surface area contributed by atoms with Gasteiger partial charge in [-0.2, -0.15) is 0 Å².